The molecule has 2 rings (SSSR count). The van der Waals surface area contributed by atoms with E-state index in [1.807, 2.05) is 45.0 Å². The quantitative estimate of drug-likeness (QED) is 0.814. The lowest BCUT2D eigenvalue weighted by atomic mass is 10.2. The van der Waals surface area contributed by atoms with Crippen LogP contribution in [0.5, 0.6) is 0 Å². The van der Waals surface area contributed by atoms with Gasteiger partial charge in [-0.05, 0) is 39.3 Å². The summed E-state index contributed by atoms with van der Waals surface area (Å²) in [4.78, 5) is 15.0. The molecule has 0 bridgehead atoms. The predicted octanol–water partition coefficient (Wildman–Crippen LogP) is 3.77. The molecule has 1 N–H and O–H groups in total. The molecule has 1 aliphatic heterocycles. The van der Waals surface area contributed by atoms with Gasteiger partial charge >= 0.3 is 6.09 Å². The third-order valence-electron chi connectivity index (χ3n) is 3.63. The molecule has 1 fully saturated rings. The molecule has 0 aliphatic carbocycles. The minimum atomic E-state index is -1.05. The van der Waals surface area contributed by atoms with Gasteiger partial charge in [0.25, 0.3) is 0 Å². The van der Waals surface area contributed by atoms with Crippen molar-refractivity contribution in [3.63, 3.8) is 0 Å². The van der Waals surface area contributed by atoms with Gasteiger partial charge in [0.1, 0.15) is 5.60 Å². The lowest BCUT2D eigenvalue weighted by Crippen LogP contribution is -2.45. The molecule has 0 spiro atoms. The zero-order chi connectivity index (χ0) is 17.9. The first kappa shape index (κ1) is 19.4. The standard InChI is InChI=1S/C17H24ClNO4S/c1-17(2,3)23-16(21)19-10-11(9-13(19)15(20)22-4)24-14-8-6-5-7-12(14)18/h5-8,11,13,15,20H,9-10H2,1-4H3/t11-,13?,15?/m0/s1. The van der Waals surface area contributed by atoms with E-state index in [1.165, 1.54) is 7.11 Å². The van der Waals surface area contributed by atoms with Crippen molar-refractivity contribution in [3.8, 4) is 0 Å². The molecule has 1 heterocycles. The summed E-state index contributed by atoms with van der Waals surface area (Å²) < 4.78 is 10.5. The maximum absolute atomic E-state index is 12.5. The molecule has 134 valence electrons. The van der Waals surface area contributed by atoms with E-state index in [9.17, 15) is 9.90 Å². The zero-order valence-electron chi connectivity index (χ0n) is 14.4. The van der Waals surface area contributed by atoms with Crippen LogP contribution in [0.3, 0.4) is 0 Å². The van der Waals surface area contributed by atoms with Gasteiger partial charge in [0, 0.05) is 23.8 Å². The summed E-state index contributed by atoms with van der Waals surface area (Å²) >= 11 is 7.82. The lowest BCUT2D eigenvalue weighted by molar-refractivity contribution is -0.116. The molecule has 7 heteroatoms. The monoisotopic (exact) mass is 373 g/mol. The lowest BCUT2D eigenvalue weighted by Gasteiger charge is -2.30. The number of methoxy groups -OCH3 is 1. The fourth-order valence-corrected chi connectivity index (χ4v) is 4.08. The van der Waals surface area contributed by atoms with Crippen LogP contribution in [0.4, 0.5) is 4.79 Å². The summed E-state index contributed by atoms with van der Waals surface area (Å²) in [5, 5.41) is 10.9. The van der Waals surface area contributed by atoms with Crippen LogP contribution in [0.2, 0.25) is 5.02 Å². The maximum atomic E-state index is 12.5. The van der Waals surface area contributed by atoms with Crippen LogP contribution in [-0.4, -0.2) is 52.9 Å². The SMILES string of the molecule is COC(O)C1C[C@H](Sc2ccccc2Cl)CN1C(=O)OC(C)(C)C. The average Bonchev–Trinajstić information content (AvgIpc) is 2.91. The number of aliphatic hydroxyl groups is 1. The molecule has 0 saturated carbocycles. The summed E-state index contributed by atoms with van der Waals surface area (Å²) in [6.07, 6.45) is -0.885. The maximum Gasteiger partial charge on any atom is 0.410 e. The number of hydrogen-bond acceptors (Lipinski definition) is 5. The number of aliphatic hydroxyl groups excluding tert-OH is 1. The number of benzene rings is 1. The Balaban J connectivity index is 2.12. The van der Waals surface area contributed by atoms with Gasteiger partial charge in [0.05, 0.1) is 11.1 Å². The first-order valence-corrected chi connectivity index (χ1v) is 9.08. The van der Waals surface area contributed by atoms with E-state index < -0.39 is 24.0 Å². The number of carbonyl (C=O) groups is 1. The predicted molar refractivity (Wildman–Crippen MR) is 95.5 cm³/mol. The summed E-state index contributed by atoms with van der Waals surface area (Å²) in [5.74, 6) is 0. The molecular formula is C17H24ClNO4S. The average molecular weight is 374 g/mol. The highest BCUT2D eigenvalue weighted by molar-refractivity contribution is 8.00. The number of amides is 1. The van der Waals surface area contributed by atoms with Crippen molar-refractivity contribution >= 4 is 29.5 Å². The Hall–Kier alpha value is -0.950. The van der Waals surface area contributed by atoms with Crippen molar-refractivity contribution in [2.24, 2.45) is 0 Å². The van der Waals surface area contributed by atoms with Gasteiger partial charge in [-0.25, -0.2) is 4.79 Å². The number of halogens is 1. The molecule has 0 radical (unpaired) electrons. The largest absolute Gasteiger partial charge is 0.444 e. The first-order valence-electron chi connectivity index (χ1n) is 7.83. The number of nitrogens with zero attached hydrogens (tertiary/aromatic N) is 1. The van der Waals surface area contributed by atoms with Crippen LogP contribution < -0.4 is 0 Å². The third-order valence-corrected chi connectivity index (χ3v) is 5.36. The first-order chi connectivity index (χ1) is 11.2. The van der Waals surface area contributed by atoms with Crippen molar-refractivity contribution in [2.45, 2.75) is 55.3 Å². The van der Waals surface area contributed by atoms with Crippen molar-refractivity contribution in [2.75, 3.05) is 13.7 Å². The molecule has 1 saturated heterocycles. The van der Waals surface area contributed by atoms with E-state index in [0.717, 1.165) is 4.90 Å². The zero-order valence-corrected chi connectivity index (χ0v) is 15.9. The third kappa shape index (κ3) is 5.02. The van der Waals surface area contributed by atoms with Gasteiger partial charge in [-0.15, -0.1) is 11.8 Å². The highest BCUT2D eigenvalue weighted by atomic mass is 35.5. The Morgan fingerprint density at radius 1 is 1.42 bits per heavy atom. The fraction of sp³-hybridized carbons (Fsp3) is 0.588. The van der Waals surface area contributed by atoms with Crippen LogP contribution in [0.25, 0.3) is 0 Å². The summed E-state index contributed by atoms with van der Waals surface area (Å²) in [6.45, 7) is 5.92. The molecule has 3 atom stereocenters. The van der Waals surface area contributed by atoms with Crippen LogP contribution in [-0.2, 0) is 9.47 Å². The molecule has 1 amide bonds. The van der Waals surface area contributed by atoms with E-state index in [-0.39, 0.29) is 5.25 Å². The smallest absolute Gasteiger partial charge is 0.410 e. The van der Waals surface area contributed by atoms with Crippen LogP contribution >= 0.6 is 23.4 Å². The van der Waals surface area contributed by atoms with E-state index in [1.54, 1.807) is 16.7 Å². The van der Waals surface area contributed by atoms with Crippen LogP contribution in [0.15, 0.2) is 29.2 Å². The van der Waals surface area contributed by atoms with Gasteiger partial charge in [-0.1, -0.05) is 23.7 Å². The number of likely N-dealkylation sites (tertiary alicyclic amines) is 1. The molecule has 24 heavy (non-hydrogen) atoms. The second-order valence-corrected chi connectivity index (χ2v) is 8.48. The van der Waals surface area contributed by atoms with E-state index >= 15 is 0 Å². The molecular weight excluding hydrogens is 350 g/mol. The van der Waals surface area contributed by atoms with E-state index in [4.69, 9.17) is 21.1 Å². The Labute approximate surface area is 152 Å². The topological polar surface area (TPSA) is 59.0 Å². The number of thioether (sulfide) groups is 1. The van der Waals surface area contributed by atoms with Gasteiger partial charge < -0.3 is 14.6 Å². The minimum Gasteiger partial charge on any atom is -0.444 e. The number of carbonyl (C=O) groups excluding carboxylic acids is 1. The molecule has 1 aromatic rings. The van der Waals surface area contributed by atoms with Gasteiger partial charge in [-0.2, -0.15) is 0 Å². The Kier molecular flexibility index (Phi) is 6.42. The van der Waals surface area contributed by atoms with Crippen molar-refractivity contribution in [3.05, 3.63) is 29.3 Å². The van der Waals surface area contributed by atoms with Crippen molar-refractivity contribution in [1.29, 1.82) is 0 Å². The molecule has 2 unspecified atom stereocenters. The van der Waals surface area contributed by atoms with Crippen LogP contribution in [0, 0.1) is 0 Å². The molecule has 5 nitrogen and oxygen atoms in total. The molecule has 1 aliphatic rings. The molecule has 0 aromatic heterocycles. The van der Waals surface area contributed by atoms with E-state index in [2.05, 4.69) is 0 Å². The summed E-state index contributed by atoms with van der Waals surface area (Å²) in [7, 11) is 1.42. The number of rotatable bonds is 4. The van der Waals surface area contributed by atoms with Crippen molar-refractivity contribution in [1.82, 2.24) is 4.90 Å². The number of hydrogen-bond donors (Lipinski definition) is 1. The Morgan fingerprint density at radius 2 is 2.08 bits per heavy atom. The Bertz CT molecular complexity index is 578. The second-order valence-electron chi connectivity index (χ2n) is 6.73. The highest BCUT2D eigenvalue weighted by Gasteiger charge is 2.41. The second kappa shape index (κ2) is 7.95. The molecule has 1 aromatic carbocycles. The van der Waals surface area contributed by atoms with Gasteiger partial charge in [0.15, 0.2) is 6.29 Å². The summed E-state index contributed by atoms with van der Waals surface area (Å²) in [6, 6.07) is 7.16. The van der Waals surface area contributed by atoms with Crippen LogP contribution in [0.1, 0.15) is 27.2 Å². The highest BCUT2D eigenvalue weighted by Crippen LogP contribution is 2.37. The van der Waals surface area contributed by atoms with Crippen molar-refractivity contribution < 1.29 is 19.4 Å². The van der Waals surface area contributed by atoms with Gasteiger partial charge in [0.2, 0.25) is 0 Å². The Morgan fingerprint density at radius 3 is 2.67 bits per heavy atom. The fourth-order valence-electron chi connectivity index (χ4n) is 2.59. The normalized spacial score (nSPS) is 22.5. The minimum absolute atomic E-state index is 0.104. The number of ether oxygens (including phenoxy) is 2. The van der Waals surface area contributed by atoms with E-state index in [0.29, 0.717) is 18.0 Å². The van der Waals surface area contributed by atoms with Gasteiger partial charge in [-0.3, -0.25) is 4.90 Å². The summed E-state index contributed by atoms with van der Waals surface area (Å²) in [5.41, 5.74) is -0.590.